The van der Waals surface area contributed by atoms with Crippen LogP contribution in [0.2, 0.25) is 0 Å². The van der Waals surface area contributed by atoms with Gasteiger partial charge in [0.2, 0.25) is 15.8 Å². The van der Waals surface area contributed by atoms with Gasteiger partial charge in [-0.1, -0.05) is 18.0 Å². The number of sulfonamides is 1. The number of alkyl halides is 3. The molecule has 1 aliphatic rings. The van der Waals surface area contributed by atoms with Crippen LogP contribution in [-0.2, 0) is 16.2 Å². The summed E-state index contributed by atoms with van der Waals surface area (Å²) in [7, 11) is -3.72. The third kappa shape index (κ3) is 5.31. The van der Waals surface area contributed by atoms with Crippen LogP contribution in [0.25, 0.3) is 10.6 Å². The molecular weight excluding hydrogens is 403 g/mol. The number of hydrogen-bond acceptors (Lipinski definition) is 6. The Hall–Kier alpha value is -1.43. The summed E-state index contributed by atoms with van der Waals surface area (Å²) < 4.78 is 69.5. The molecule has 1 saturated heterocycles. The van der Waals surface area contributed by atoms with Crippen molar-refractivity contribution in [2.75, 3.05) is 26.2 Å². The van der Waals surface area contributed by atoms with Gasteiger partial charge in [0.1, 0.15) is 9.90 Å². The van der Waals surface area contributed by atoms with Crippen LogP contribution in [0.3, 0.4) is 0 Å². The van der Waals surface area contributed by atoms with E-state index in [1.54, 1.807) is 0 Å². The van der Waals surface area contributed by atoms with E-state index in [9.17, 15) is 21.6 Å². The molecule has 3 rings (SSSR count). The SMILES string of the molecule is O=S(=O)(NCCN1CCCCCC1)c1ccc(-c2cc(C(F)(F)F)on2)s1. The zero-order chi connectivity index (χ0) is 19.5. The first-order valence-corrected chi connectivity index (χ1v) is 10.9. The maximum absolute atomic E-state index is 12.6. The molecule has 27 heavy (non-hydrogen) atoms. The molecule has 0 bridgehead atoms. The molecule has 2 aromatic heterocycles. The Morgan fingerprint density at radius 3 is 2.52 bits per heavy atom. The fourth-order valence-corrected chi connectivity index (χ4v) is 5.22. The highest BCUT2D eigenvalue weighted by Gasteiger charge is 2.36. The minimum Gasteiger partial charge on any atom is -0.351 e. The second-order valence-corrected chi connectivity index (χ2v) is 9.42. The predicted octanol–water partition coefficient (Wildman–Crippen LogP) is 3.58. The van der Waals surface area contributed by atoms with Crippen molar-refractivity contribution >= 4 is 21.4 Å². The van der Waals surface area contributed by atoms with Crippen molar-refractivity contribution in [2.24, 2.45) is 0 Å². The summed E-state index contributed by atoms with van der Waals surface area (Å²) in [6, 6.07) is 3.54. The highest BCUT2D eigenvalue weighted by atomic mass is 32.2. The normalized spacial score (nSPS) is 17.1. The smallest absolute Gasteiger partial charge is 0.351 e. The van der Waals surface area contributed by atoms with Crippen molar-refractivity contribution in [1.82, 2.24) is 14.8 Å². The van der Waals surface area contributed by atoms with E-state index in [-0.39, 0.29) is 16.4 Å². The lowest BCUT2D eigenvalue weighted by Gasteiger charge is -2.19. The maximum atomic E-state index is 12.6. The van der Waals surface area contributed by atoms with Gasteiger partial charge in [0, 0.05) is 19.2 Å². The van der Waals surface area contributed by atoms with Gasteiger partial charge in [-0.15, -0.1) is 11.3 Å². The topological polar surface area (TPSA) is 75.4 Å². The molecule has 2 aromatic rings. The van der Waals surface area contributed by atoms with Gasteiger partial charge in [0.05, 0.1) is 4.88 Å². The molecule has 0 spiro atoms. The average molecular weight is 423 g/mol. The summed E-state index contributed by atoms with van der Waals surface area (Å²) >= 11 is 0.852. The molecule has 0 atom stereocenters. The lowest BCUT2D eigenvalue weighted by atomic mass is 10.2. The van der Waals surface area contributed by atoms with Crippen LogP contribution < -0.4 is 4.72 Å². The molecular formula is C16H20F3N3O3S2. The Morgan fingerprint density at radius 1 is 1.19 bits per heavy atom. The minimum atomic E-state index is -4.63. The standard InChI is InChI=1S/C16H20F3N3O3S2/c17-16(18,19)14-11-12(21-25-14)13-5-6-15(26-13)27(23,24)20-7-10-22-8-3-1-2-4-9-22/h5-6,11,20H,1-4,7-10H2. The molecule has 1 fully saturated rings. The lowest BCUT2D eigenvalue weighted by Crippen LogP contribution is -2.35. The van der Waals surface area contributed by atoms with E-state index in [1.807, 2.05) is 0 Å². The summed E-state index contributed by atoms with van der Waals surface area (Å²) in [5.74, 6) is -1.22. The van der Waals surface area contributed by atoms with E-state index in [0.29, 0.717) is 11.4 Å². The summed E-state index contributed by atoms with van der Waals surface area (Å²) in [5.41, 5.74) is -0.0432. The van der Waals surface area contributed by atoms with Crippen LogP contribution in [0, 0.1) is 0 Å². The van der Waals surface area contributed by atoms with Gasteiger partial charge in [-0.05, 0) is 38.1 Å². The van der Waals surface area contributed by atoms with E-state index in [2.05, 4.69) is 19.3 Å². The Morgan fingerprint density at radius 2 is 1.89 bits per heavy atom. The van der Waals surface area contributed by atoms with E-state index < -0.39 is 22.0 Å². The summed E-state index contributed by atoms with van der Waals surface area (Å²) in [5, 5.41) is 3.37. The number of rotatable bonds is 6. The zero-order valence-corrected chi connectivity index (χ0v) is 16.1. The number of nitrogens with zero attached hydrogens (tertiary/aromatic N) is 2. The van der Waals surface area contributed by atoms with Crippen molar-refractivity contribution in [2.45, 2.75) is 36.1 Å². The molecule has 3 heterocycles. The maximum Gasteiger partial charge on any atom is 0.452 e. The first-order valence-electron chi connectivity index (χ1n) is 8.62. The predicted molar refractivity (Wildman–Crippen MR) is 94.9 cm³/mol. The number of thiophene rings is 1. The molecule has 0 aromatic carbocycles. The Balaban J connectivity index is 1.61. The largest absolute Gasteiger partial charge is 0.452 e. The number of aromatic nitrogens is 1. The van der Waals surface area contributed by atoms with Gasteiger partial charge in [-0.25, -0.2) is 13.1 Å². The van der Waals surface area contributed by atoms with E-state index in [0.717, 1.165) is 43.3 Å². The van der Waals surface area contributed by atoms with Crippen LogP contribution in [0.5, 0.6) is 0 Å². The van der Waals surface area contributed by atoms with Gasteiger partial charge in [0.15, 0.2) is 0 Å². The Bertz CT molecular complexity index is 854. The monoisotopic (exact) mass is 423 g/mol. The number of hydrogen-bond donors (Lipinski definition) is 1. The fourth-order valence-electron chi connectivity index (χ4n) is 2.90. The second kappa shape index (κ2) is 8.29. The molecule has 1 N–H and O–H groups in total. The lowest BCUT2D eigenvalue weighted by molar-refractivity contribution is -0.155. The summed E-state index contributed by atoms with van der Waals surface area (Å²) in [4.78, 5) is 2.53. The summed E-state index contributed by atoms with van der Waals surface area (Å²) in [6.45, 7) is 2.87. The third-order valence-corrected chi connectivity index (χ3v) is 7.37. The second-order valence-electron chi connectivity index (χ2n) is 6.35. The van der Waals surface area contributed by atoms with E-state index in [1.165, 1.54) is 25.0 Å². The van der Waals surface area contributed by atoms with Crippen LogP contribution in [-0.4, -0.2) is 44.7 Å². The van der Waals surface area contributed by atoms with Crippen LogP contribution in [0.4, 0.5) is 13.2 Å². The number of nitrogens with one attached hydrogen (secondary N) is 1. The van der Waals surface area contributed by atoms with E-state index in [4.69, 9.17) is 0 Å². The average Bonchev–Trinajstić information content (AvgIpc) is 3.20. The molecule has 1 aliphatic heterocycles. The molecule has 0 radical (unpaired) electrons. The Kier molecular flexibility index (Phi) is 6.24. The van der Waals surface area contributed by atoms with Gasteiger partial charge in [0.25, 0.3) is 0 Å². The van der Waals surface area contributed by atoms with Crippen molar-refractivity contribution in [3.63, 3.8) is 0 Å². The first kappa shape index (κ1) is 20.3. The van der Waals surface area contributed by atoms with E-state index >= 15 is 0 Å². The fraction of sp³-hybridized carbons (Fsp3) is 0.562. The highest BCUT2D eigenvalue weighted by molar-refractivity contribution is 7.91. The van der Waals surface area contributed by atoms with Gasteiger partial charge in [-0.2, -0.15) is 13.2 Å². The van der Waals surface area contributed by atoms with Crippen LogP contribution >= 0.6 is 11.3 Å². The van der Waals surface area contributed by atoms with Crippen molar-refractivity contribution in [3.8, 4) is 10.6 Å². The number of halogens is 3. The van der Waals surface area contributed by atoms with Gasteiger partial charge in [-0.3, -0.25) is 0 Å². The minimum absolute atomic E-state index is 0.0323. The van der Waals surface area contributed by atoms with Gasteiger partial charge >= 0.3 is 6.18 Å². The molecule has 0 aliphatic carbocycles. The van der Waals surface area contributed by atoms with Crippen LogP contribution in [0.15, 0.2) is 26.9 Å². The highest BCUT2D eigenvalue weighted by Crippen LogP contribution is 2.35. The van der Waals surface area contributed by atoms with Crippen molar-refractivity contribution < 1.29 is 26.1 Å². The molecule has 0 unspecified atom stereocenters. The quantitative estimate of drug-likeness (QED) is 0.769. The molecule has 11 heteroatoms. The molecule has 0 amide bonds. The first-order chi connectivity index (χ1) is 12.8. The summed E-state index contributed by atoms with van der Waals surface area (Å²) in [6.07, 6.45) is 0.0280. The Labute approximate surface area is 159 Å². The zero-order valence-electron chi connectivity index (χ0n) is 14.5. The molecule has 6 nitrogen and oxygen atoms in total. The number of likely N-dealkylation sites (tertiary alicyclic amines) is 1. The van der Waals surface area contributed by atoms with Crippen molar-refractivity contribution in [1.29, 1.82) is 0 Å². The van der Waals surface area contributed by atoms with Crippen molar-refractivity contribution in [3.05, 3.63) is 24.0 Å². The molecule has 0 saturated carbocycles. The third-order valence-electron chi connectivity index (χ3n) is 4.31. The van der Waals surface area contributed by atoms with Crippen LogP contribution in [0.1, 0.15) is 31.4 Å². The molecule has 150 valence electrons. The van der Waals surface area contributed by atoms with Gasteiger partial charge < -0.3 is 9.42 Å².